The molecule has 1 atom stereocenters. The van der Waals surface area contributed by atoms with Crippen LogP contribution in [0.4, 0.5) is 0 Å². The van der Waals surface area contributed by atoms with Crippen molar-refractivity contribution in [1.82, 2.24) is 5.32 Å². The van der Waals surface area contributed by atoms with Gasteiger partial charge in [-0.3, -0.25) is 4.79 Å². The van der Waals surface area contributed by atoms with Crippen LogP contribution >= 0.6 is 11.3 Å². The number of furan rings is 1. The fourth-order valence-electron chi connectivity index (χ4n) is 1.32. The molecule has 88 valence electrons. The van der Waals surface area contributed by atoms with Crippen molar-refractivity contribution in [3.63, 3.8) is 0 Å². The molecule has 0 radical (unpaired) electrons. The minimum absolute atomic E-state index is 0.299. The average Bonchev–Trinajstić information content (AvgIpc) is 2.97. The molecule has 0 aliphatic rings. The molecule has 0 bridgehead atoms. The molecular formula is C11H9NO4S. The average molecular weight is 251 g/mol. The molecule has 5 nitrogen and oxygen atoms in total. The van der Waals surface area contributed by atoms with Crippen molar-refractivity contribution in [2.24, 2.45) is 0 Å². The quantitative estimate of drug-likeness (QED) is 0.869. The molecule has 0 spiro atoms. The largest absolute Gasteiger partial charge is 0.479 e. The van der Waals surface area contributed by atoms with Gasteiger partial charge in [0.15, 0.2) is 6.04 Å². The monoisotopic (exact) mass is 251 g/mol. The van der Waals surface area contributed by atoms with Crippen molar-refractivity contribution in [3.05, 3.63) is 46.5 Å². The van der Waals surface area contributed by atoms with E-state index in [0.29, 0.717) is 10.4 Å². The minimum Gasteiger partial charge on any atom is -0.479 e. The smallest absolute Gasteiger partial charge is 0.331 e. The summed E-state index contributed by atoms with van der Waals surface area (Å²) in [7, 11) is 0. The van der Waals surface area contributed by atoms with Gasteiger partial charge in [0.25, 0.3) is 5.91 Å². The number of nitrogens with one attached hydrogen (secondary N) is 1. The zero-order chi connectivity index (χ0) is 12.3. The van der Waals surface area contributed by atoms with Crippen LogP contribution in [0.25, 0.3) is 0 Å². The first kappa shape index (κ1) is 11.4. The number of thiophene rings is 1. The van der Waals surface area contributed by atoms with Gasteiger partial charge in [0, 0.05) is 4.88 Å². The Bertz CT molecular complexity index is 504. The lowest BCUT2D eigenvalue weighted by Crippen LogP contribution is -2.32. The molecular weight excluding hydrogens is 242 g/mol. The number of hydrogen-bond donors (Lipinski definition) is 2. The summed E-state index contributed by atoms with van der Waals surface area (Å²) in [4.78, 5) is 23.3. The second-order valence-electron chi connectivity index (χ2n) is 3.27. The molecule has 1 unspecified atom stereocenters. The van der Waals surface area contributed by atoms with Crippen LogP contribution in [0.3, 0.4) is 0 Å². The van der Waals surface area contributed by atoms with Crippen LogP contribution in [0.15, 0.2) is 40.5 Å². The van der Waals surface area contributed by atoms with E-state index in [1.165, 1.54) is 29.9 Å². The highest BCUT2D eigenvalue weighted by Gasteiger charge is 2.23. The third-order valence-electron chi connectivity index (χ3n) is 2.13. The van der Waals surface area contributed by atoms with Crippen LogP contribution in [0, 0.1) is 0 Å². The SMILES string of the molecule is O=C(NC(C(=O)O)c1cccs1)c1ccoc1. The Hall–Kier alpha value is -2.08. The van der Waals surface area contributed by atoms with E-state index in [4.69, 9.17) is 9.52 Å². The van der Waals surface area contributed by atoms with E-state index in [9.17, 15) is 9.59 Å². The van der Waals surface area contributed by atoms with E-state index in [2.05, 4.69) is 5.32 Å². The normalized spacial score (nSPS) is 12.0. The highest BCUT2D eigenvalue weighted by atomic mass is 32.1. The van der Waals surface area contributed by atoms with Crippen LogP contribution in [-0.2, 0) is 4.79 Å². The fourth-order valence-corrected chi connectivity index (χ4v) is 2.09. The van der Waals surface area contributed by atoms with Crippen LogP contribution in [0.2, 0.25) is 0 Å². The van der Waals surface area contributed by atoms with Gasteiger partial charge < -0.3 is 14.8 Å². The molecule has 1 amide bonds. The molecule has 0 aliphatic heterocycles. The molecule has 0 aliphatic carbocycles. The summed E-state index contributed by atoms with van der Waals surface area (Å²) < 4.78 is 4.76. The lowest BCUT2D eigenvalue weighted by atomic mass is 10.2. The van der Waals surface area contributed by atoms with Crippen LogP contribution in [0.1, 0.15) is 21.3 Å². The molecule has 6 heteroatoms. The van der Waals surface area contributed by atoms with Gasteiger partial charge in [-0.2, -0.15) is 0 Å². The summed E-state index contributed by atoms with van der Waals surface area (Å²) in [5.41, 5.74) is 0.299. The second kappa shape index (κ2) is 4.84. The van der Waals surface area contributed by atoms with Crippen LogP contribution < -0.4 is 5.32 Å². The maximum atomic E-state index is 11.7. The molecule has 2 aromatic rings. The van der Waals surface area contributed by atoms with Crippen LogP contribution in [-0.4, -0.2) is 17.0 Å². The third-order valence-corrected chi connectivity index (χ3v) is 3.07. The Balaban J connectivity index is 2.14. The van der Waals surface area contributed by atoms with Gasteiger partial charge in [-0.25, -0.2) is 4.79 Å². The first-order valence-corrected chi connectivity index (χ1v) is 5.65. The van der Waals surface area contributed by atoms with E-state index in [0.717, 1.165) is 0 Å². The lowest BCUT2D eigenvalue weighted by Gasteiger charge is -2.11. The first-order chi connectivity index (χ1) is 8.18. The van der Waals surface area contributed by atoms with Crippen molar-refractivity contribution in [3.8, 4) is 0 Å². The Labute approximate surface area is 101 Å². The molecule has 0 saturated carbocycles. The predicted molar refractivity (Wildman–Crippen MR) is 60.9 cm³/mol. The van der Waals surface area contributed by atoms with Crippen LogP contribution in [0.5, 0.6) is 0 Å². The molecule has 0 fully saturated rings. The topological polar surface area (TPSA) is 79.5 Å². The third kappa shape index (κ3) is 2.54. The second-order valence-corrected chi connectivity index (χ2v) is 4.25. The van der Waals surface area contributed by atoms with Gasteiger partial charge in [0.1, 0.15) is 6.26 Å². The summed E-state index contributed by atoms with van der Waals surface area (Å²) in [5, 5.41) is 13.3. The van der Waals surface area contributed by atoms with E-state index in [1.54, 1.807) is 17.5 Å². The maximum Gasteiger partial charge on any atom is 0.331 e. The number of carboxylic acids is 1. The van der Waals surface area contributed by atoms with Gasteiger partial charge in [-0.15, -0.1) is 11.3 Å². The first-order valence-electron chi connectivity index (χ1n) is 4.78. The van der Waals surface area contributed by atoms with E-state index >= 15 is 0 Å². The Kier molecular flexibility index (Phi) is 3.24. The van der Waals surface area contributed by atoms with Crippen molar-refractivity contribution >= 4 is 23.2 Å². The lowest BCUT2D eigenvalue weighted by molar-refractivity contribution is -0.139. The summed E-state index contributed by atoms with van der Waals surface area (Å²) in [5.74, 6) is -1.57. The summed E-state index contributed by atoms with van der Waals surface area (Å²) in [6.45, 7) is 0. The number of rotatable bonds is 4. The molecule has 0 aromatic carbocycles. The summed E-state index contributed by atoms with van der Waals surface area (Å²) >= 11 is 1.28. The van der Waals surface area contributed by atoms with Gasteiger partial charge >= 0.3 is 5.97 Å². The number of hydrogen-bond acceptors (Lipinski definition) is 4. The highest BCUT2D eigenvalue weighted by molar-refractivity contribution is 7.10. The number of carbonyl (C=O) groups excluding carboxylic acids is 1. The highest BCUT2D eigenvalue weighted by Crippen LogP contribution is 2.19. The molecule has 2 heterocycles. The number of aliphatic carboxylic acids is 1. The molecule has 2 rings (SSSR count). The van der Waals surface area contributed by atoms with Crippen molar-refractivity contribution in [1.29, 1.82) is 0 Å². The minimum atomic E-state index is -1.09. The van der Waals surface area contributed by atoms with E-state index in [-0.39, 0.29) is 0 Å². The zero-order valence-corrected chi connectivity index (χ0v) is 9.44. The van der Waals surface area contributed by atoms with Gasteiger partial charge in [0.05, 0.1) is 11.8 Å². The Morgan fingerprint density at radius 1 is 1.41 bits per heavy atom. The summed E-state index contributed by atoms with van der Waals surface area (Å²) in [6, 6.07) is 3.85. The maximum absolute atomic E-state index is 11.7. The molecule has 2 aromatic heterocycles. The molecule has 0 saturated heterocycles. The molecule has 17 heavy (non-hydrogen) atoms. The number of amides is 1. The van der Waals surface area contributed by atoms with Gasteiger partial charge in [-0.1, -0.05) is 6.07 Å². The number of carboxylic acid groups (broad SMARTS) is 1. The Morgan fingerprint density at radius 3 is 2.76 bits per heavy atom. The van der Waals surface area contributed by atoms with Gasteiger partial charge in [-0.05, 0) is 17.5 Å². The van der Waals surface area contributed by atoms with Crippen molar-refractivity contribution < 1.29 is 19.1 Å². The van der Waals surface area contributed by atoms with Gasteiger partial charge in [0.2, 0.25) is 0 Å². The number of carbonyl (C=O) groups is 2. The fraction of sp³-hybridized carbons (Fsp3) is 0.0909. The van der Waals surface area contributed by atoms with Crippen molar-refractivity contribution in [2.45, 2.75) is 6.04 Å². The van der Waals surface area contributed by atoms with E-state index < -0.39 is 17.9 Å². The summed E-state index contributed by atoms with van der Waals surface area (Å²) in [6.07, 6.45) is 2.62. The zero-order valence-electron chi connectivity index (χ0n) is 8.62. The predicted octanol–water partition coefficient (Wildman–Crippen LogP) is 1.90. The molecule has 2 N–H and O–H groups in total. The standard InChI is InChI=1S/C11H9NO4S/c13-10(7-3-4-16-6-7)12-9(11(14)15)8-2-1-5-17-8/h1-6,9H,(H,12,13)(H,14,15). The van der Waals surface area contributed by atoms with Crippen molar-refractivity contribution in [2.75, 3.05) is 0 Å². The Morgan fingerprint density at radius 2 is 2.24 bits per heavy atom. The van der Waals surface area contributed by atoms with E-state index in [1.807, 2.05) is 0 Å².